The third-order valence-electron chi connectivity index (χ3n) is 5.69. The highest BCUT2D eigenvalue weighted by molar-refractivity contribution is 5.67. The molecule has 0 saturated heterocycles. The van der Waals surface area contributed by atoms with Gasteiger partial charge in [-0.2, -0.15) is 0 Å². The molecule has 0 heterocycles. The van der Waals surface area contributed by atoms with Crippen molar-refractivity contribution in [1.82, 2.24) is 0 Å². The van der Waals surface area contributed by atoms with Gasteiger partial charge in [-0.1, -0.05) is 85.0 Å². The Hall–Kier alpha value is -1.91. The van der Waals surface area contributed by atoms with Crippen molar-refractivity contribution in [2.45, 2.75) is 117 Å². The van der Waals surface area contributed by atoms with Crippen molar-refractivity contribution in [3.05, 3.63) is 17.2 Å². The number of benzene rings is 1. The zero-order valence-corrected chi connectivity index (χ0v) is 20.0. The number of aromatic hydroxyl groups is 1. The summed E-state index contributed by atoms with van der Waals surface area (Å²) in [6, 6.07) is 1.71. The first-order valence-electron chi connectivity index (χ1n) is 12.5. The molecule has 1 rings (SSSR count). The molecule has 0 aromatic heterocycles. The van der Waals surface area contributed by atoms with Crippen LogP contribution in [0.1, 0.15) is 115 Å². The third-order valence-corrected chi connectivity index (χ3v) is 5.69. The Labute approximate surface area is 189 Å². The molecule has 1 aromatic carbocycles. The number of rotatable bonds is 18. The molecule has 0 unspecified atom stereocenters. The van der Waals surface area contributed by atoms with Crippen LogP contribution in [0.15, 0.2) is 6.07 Å². The number of carbonyl (C=O) groups is 1. The molecule has 31 heavy (non-hydrogen) atoms. The van der Waals surface area contributed by atoms with Gasteiger partial charge in [0.25, 0.3) is 0 Å². The van der Waals surface area contributed by atoms with E-state index >= 15 is 0 Å². The molecule has 0 aliphatic rings. The van der Waals surface area contributed by atoms with Crippen LogP contribution in [0, 0.1) is 0 Å². The van der Waals surface area contributed by atoms with Gasteiger partial charge in [0.15, 0.2) is 11.5 Å². The molecule has 5 nitrogen and oxygen atoms in total. The first-order valence-corrected chi connectivity index (χ1v) is 12.5. The van der Waals surface area contributed by atoms with E-state index in [0.717, 1.165) is 68.9 Å². The van der Waals surface area contributed by atoms with E-state index in [-0.39, 0.29) is 11.5 Å². The summed E-state index contributed by atoms with van der Waals surface area (Å²) in [5, 5.41) is 19.9. The zero-order chi connectivity index (χ0) is 22.9. The lowest BCUT2D eigenvalue weighted by Crippen LogP contribution is -2.08. The molecule has 0 aliphatic carbocycles. The van der Waals surface area contributed by atoms with Gasteiger partial charge in [-0.25, -0.2) is 4.79 Å². The largest absolute Gasteiger partial charge is 0.511 e. The predicted molar refractivity (Wildman–Crippen MR) is 127 cm³/mol. The summed E-state index contributed by atoms with van der Waals surface area (Å²) >= 11 is 0. The van der Waals surface area contributed by atoms with Crippen LogP contribution in [-0.4, -0.2) is 23.0 Å². The first kappa shape index (κ1) is 27.1. The second-order valence-electron chi connectivity index (χ2n) is 8.44. The highest BCUT2D eigenvalue weighted by Crippen LogP contribution is 2.43. The Morgan fingerprint density at radius 1 is 0.806 bits per heavy atom. The third kappa shape index (κ3) is 10.8. The van der Waals surface area contributed by atoms with Crippen molar-refractivity contribution in [3.63, 3.8) is 0 Å². The Morgan fingerprint density at radius 3 is 1.94 bits per heavy atom. The van der Waals surface area contributed by atoms with Gasteiger partial charge in [0.05, 0.1) is 6.61 Å². The van der Waals surface area contributed by atoms with E-state index in [0.29, 0.717) is 12.4 Å². The van der Waals surface area contributed by atoms with Crippen LogP contribution < -0.4 is 9.47 Å². The summed E-state index contributed by atoms with van der Waals surface area (Å²) in [5.41, 5.74) is 2.07. The SMILES string of the molecule is CCCCCCCc1cc(OC(=O)O)c(O)c(OCCCCC)c1CCCCCCC. The first-order chi connectivity index (χ1) is 15.0. The molecule has 0 atom stereocenters. The number of hydrogen-bond donors (Lipinski definition) is 2. The van der Waals surface area contributed by atoms with E-state index < -0.39 is 6.16 Å². The molecule has 0 fully saturated rings. The van der Waals surface area contributed by atoms with Crippen molar-refractivity contribution in [2.75, 3.05) is 6.61 Å². The second-order valence-corrected chi connectivity index (χ2v) is 8.44. The topological polar surface area (TPSA) is 76.0 Å². The normalized spacial score (nSPS) is 10.9. The van der Waals surface area contributed by atoms with Crippen molar-refractivity contribution in [2.24, 2.45) is 0 Å². The maximum atomic E-state index is 11.2. The Balaban J connectivity index is 3.10. The van der Waals surface area contributed by atoms with Crippen LogP contribution in [0.25, 0.3) is 0 Å². The van der Waals surface area contributed by atoms with Gasteiger partial charge in [0, 0.05) is 5.56 Å². The minimum atomic E-state index is -1.42. The van der Waals surface area contributed by atoms with E-state index in [2.05, 4.69) is 20.8 Å². The number of hydrogen-bond acceptors (Lipinski definition) is 4. The number of aryl methyl sites for hydroxylation is 1. The molecule has 0 radical (unpaired) electrons. The van der Waals surface area contributed by atoms with Crippen molar-refractivity contribution >= 4 is 6.16 Å². The second kappa shape index (κ2) is 16.7. The van der Waals surface area contributed by atoms with Crippen molar-refractivity contribution in [1.29, 1.82) is 0 Å². The summed E-state index contributed by atoms with van der Waals surface area (Å²) in [4.78, 5) is 11.2. The maximum absolute atomic E-state index is 11.2. The van der Waals surface area contributed by atoms with Crippen LogP contribution in [0.3, 0.4) is 0 Å². The van der Waals surface area contributed by atoms with Crippen LogP contribution in [0.2, 0.25) is 0 Å². The molecule has 0 spiro atoms. The highest BCUT2D eigenvalue weighted by atomic mass is 16.7. The molecule has 2 N–H and O–H groups in total. The van der Waals surface area contributed by atoms with E-state index in [4.69, 9.17) is 14.6 Å². The van der Waals surface area contributed by atoms with Gasteiger partial charge >= 0.3 is 6.16 Å². The zero-order valence-electron chi connectivity index (χ0n) is 20.0. The molecule has 0 amide bonds. The number of phenolic OH excluding ortho intramolecular Hbond substituents is 1. The number of unbranched alkanes of at least 4 members (excludes halogenated alkanes) is 10. The van der Waals surface area contributed by atoms with Crippen LogP contribution in [0.4, 0.5) is 4.79 Å². The van der Waals surface area contributed by atoms with Gasteiger partial charge in [-0.3, -0.25) is 0 Å². The van der Waals surface area contributed by atoms with Gasteiger partial charge in [-0.15, -0.1) is 0 Å². The summed E-state index contributed by atoms with van der Waals surface area (Å²) in [6.07, 6.45) is 15.0. The molecule has 178 valence electrons. The molecule has 0 saturated carbocycles. The summed E-state index contributed by atoms with van der Waals surface area (Å²) < 4.78 is 10.9. The fourth-order valence-corrected chi connectivity index (χ4v) is 3.89. The number of carboxylic acid groups (broad SMARTS) is 1. The van der Waals surface area contributed by atoms with Gasteiger partial charge in [-0.05, 0) is 43.7 Å². The minimum absolute atomic E-state index is 0.0173. The standard InChI is InChI=1S/C26H44O5/c1-4-7-10-12-14-17-21-20-23(31-26(28)29)24(27)25(30-19-16-9-6-3)22(21)18-15-13-11-8-5-2/h20,27H,4-19H2,1-3H3,(H,28,29). The lowest BCUT2D eigenvalue weighted by Gasteiger charge is -2.19. The maximum Gasteiger partial charge on any atom is 0.511 e. The Morgan fingerprint density at radius 2 is 1.35 bits per heavy atom. The summed E-state index contributed by atoms with van der Waals surface area (Å²) in [7, 11) is 0. The van der Waals surface area contributed by atoms with E-state index in [1.807, 2.05) is 0 Å². The molecule has 1 aromatic rings. The molecular weight excluding hydrogens is 392 g/mol. The fourth-order valence-electron chi connectivity index (χ4n) is 3.89. The summed E-state index contributed by atoms with van der Waals surface area (Å²) in [6.45, 7) is 7.06. The Kier molecular flexibility index (Phi) is 14.6. The Bertz CT molecular complexity index is 627. The summed E-state index contributed by atoms with van der Waals surface area (Å²) in [5.74, 6) is 0.224. The number of phenols is 1. The quantitative estimate of drug-likeness (QED) is 0.138. The lowest BCUT2D eigenvalue weighted by atomic mass is 9.94. The van der Waals surface area contributed by atoms with Gasteiger partial charge in [0.1, 0.15) is 0 Å². The lowest BCUT2D eigenvalue weighted by molar-refractivity contribution is 0.142. The average molecular weight is 437 g/mol. The molecule has 0 aliphatic heterocycles. The van der Waals surface area contributed by atoms with Gasteiger partial charge in [0.2, 0.25) is 5.75 Å². The van der Waals surface area contributed by atoms with E-state index in [1.54, 1.807) is 6.07 Å². The fraction of sp³-hybridized carbons (Fsp3) is 0.731. The van der Waals surface area contributed by atoms with E-state index in [1.165, 1.54) is 38.5 Å². The molecule has 0 bridgehead atoms. The van der Waals surface area contributed by atoms with E-state index in [9.17, 15) is 9.90 Å². The number of ether oxygens (including phenoxy) is 2. The van der Waals surface area contributed by atoms with Crippen molar-refractivity contribution < 1.29 is 24.5 Å². The van der Waals surface area contributed by atoms with Crippen LogP contribution >= 0.6 is 0 Å². The molecule has 5 heteroatoms. The molecular formula is C26H44O5. The minimum Gasteiger partial charge on any atom is -0.502 e. The van der Waals surface area contributed by atoms with Crippen LogP contribution in [-0.2, 0) is 12.8 Å². The van der Waals surface area contributed by atoms with Gasteiger partial charge < -0.3 is 19.7 Å². The monoisotopic (exact) mass is 436 g/mol. The smallest absolute Gasteiger partial charge is 0.502 e. The van der Waals surface area contributed by atoms with Crippen molar-refractivity contribution in [3.8, 4) is 17.2 Å². The van der Waals surface area contributed by atoms with Crippen LogP contribution in [0.5, 0.6) is 17.2 Å². The average Bonchev–Trinajstić information content (AvgIpc) is 2.74. The highest BCUT2D eigenvalue weighted by Gasteiger charge is 2.21. The predicted octanol–water partition coefficient (Wildman–Crippen LogP) is 8.04.